The monoisotopic (exact) mass is 446 g/mol. The smallest absolute Gasteiger partial charge is 0.188 e. The van der Waals surface area contributed by atoms with Gasteiger partial charge in [-0.15, -0.1) is 0 Å². The molecule has 160 valence electrons. The second-order valence-electron chi connectivity index (χ2n) is 7.66. The van der Waals surface area contributed by atoms with E-state index < -0.39 is 7.14 Å². The van der Waals surface area contributed by atoms with Gasteiger partial charge in [-0.05, 0) is 36.4 Å². The largest absolute Gasteiger partial charge is 0.309 e. The van der Waals surface area contributed by atoms with Crippen LogP contribution in [-0.4, -0.2) is 4.98 Å². The normalized spacial score (nSPS) is 11.2. The molecule has 4 heteroatoms. The SMILES string of the molecule is O=P(c1ccccc1)(c1ccccc1)c1ccc(N(c2ccccc2)c2ccccc2)cn1. The van der Waals surface area contributed by atoms with Gasteiger partial charge in [0.2, 0.25) is 0 Å². The average Bonchev–Trinajstić information content (AvgIpc) is 2.91. The summed E-state index contributed by atoms with van der Waals surface area (Å²) in [5.74, 6) is 0. The maximum Gasteiger partial charge on any atom is 0.188 e. The zero-order valence-electron chi connectivity index (χ0n) is 18.0. The van der Waals surface area contributed by atoms with Crippen molar-refractivity contribution in [2.24, 2.45) is 0 Å². The maximum atomic E-state index is 14.6. The standard InChI is InChI=1S/C29H23N2OP/c32-33(27-17-9-3-10-18-27,28-19-11-4-12-20-28)29-22-21-26(23-30-29)31(24-13-5-1-6-14-24)25-15-7-2-8-16-25/h1-23H. The Hall–Kier alpha value is -3.94. The lowest BCUT2D eigenvalue weighted by Gasteiger charge is -2.26. The number of hydrogen-bond acceptors (Lipinski definition) is 3. The predicted octanol–water partition coefficient (Wildman–Crippen LogP) is 6.19. The van der Waals surface area contributed by atoms with E-state index in [1.807, 2.05) is 115 Å². The molecule has 0 saturated carbocycles. The summed E-state index contributed by atoms with van der Waals surface area (Å²) in [4.78, 5) is 6.92. The van der Waals surface area contributed by atoms with Gasteiger partial charge in [-0.3, -0.25) is 4.98 Å². The van der Waals surface area contributed by atoms with Gasteiger partial charge in [0.05, 0.1) is 11.9 Å². The van der Waals surface area contributed by atoms with Crippen LogP contribution in [0.15, 0.2) is 140 Å². The van der Waals surface area contributed by atoms with E-state index in [-0.39, 0.29) is 0 Å². The Morgan fingerprint density at radius 1 is 0.485 bits per heavy atom. The average molecular weight is 446 g/mol. The van der Waals surface area contributed by atoms with Gasteiger partial charge in [0.15, 0.2) is 7.14 Å². The van der Waals surface area contributed by atoms with Crippen molar-refractivity contribution in [3.63, 3.8) is 0 Å². The van der Waals surface area contributed by atoms with Gasteiger partial charge in [0.1, 0.15) is 5.44 Å². The number of rotatable bonds is 6. The molecule has 33 heavy (non-hydrogen) atoms. The van der Waals surface area contributed by atoms with Crippen LogP contribution in [-0.2, 0) is 4.57 Å². The second kappa shape index (κ2) is 9.28. The Bertz CT molecular complexity index is 1270. The fourth-order valence-electron chi connectivity index (χ4n) is 3.99. The molecular weight excluding hydrogens is 423 g/mol. The van der Waals surface area contributed by atoms with E-state index in [0.717, 1.165) is 27.7 Å². The Kier molecular flexibility index (Phi) is 5.89. The minimum Gasteiger partial charge on any atom is -0.309 e. The van der Waals surface area contributed by atoms with Crippen molar-refractivity contribution in [3.05, 3.63) is 140 Å². The molecule has 5 rings (SSSR count). The first kappa shape index (κ1) is 20.9. The minimum absolute atomic E-state index is 0.574. The minimum atomic E-state index is -3.10. The molecule has 0 aliphatic rings. The summed E-state index contributed by atoms with van der Waals surface area (Å²) in [5, 5.41) is 1.55. The highest BCUT2D eigenvalue weighted by Crippen LogP contribution is 2.42. The molecule has 0 radical (unpaired) electrons. The van der Waals surface area contributed by atoms with E-state index in [0.29, 0.717) is 5.44 Å². The summed E-state index contributed by atoms with van der Waals surface area (Å²) in [5.41, 5.74) is 3.55. The third-order valence-corrected chi connectivity index (χ3v) is 8.54. The van der Waals surface area contributed by atoms with Crippen molar-refractivity contribution in [1.29, 1.82) is 0 Å². The molecule has 0 spiro atoms. The highest BCUT2D eigenvalue weighted by Gasteiger charge is 2.31. The number of benzene rings is 4. The zero-order chi connectivity index (χ0) is 22.5. The lowest BCUT2D eigenvalue weighted by molar-refractivity contribution is 0.592. The molecule has 1 aromatic heterocycles. The molecule has 4 aromatic carbocycles. The molecule has 3 nitrogen and oxygen atoms in total. The molecule has 1 heterocycles. The van der Waals surface area contributed by atoms with Crippen LogP contribution >= 0.6 is 7.14 Å². The number of pyridine rings is 1. The van der Waals surface area contributed by atoms with E-state index in [1.165, 1.54) is 0 Å². The Labute approximate surface area is 194 Å². The van der Waals surface area contributed by atoms with Gasteiger partial charge in [-0.25, -0.2) is 0 Å². The van der Waals surface area contributed by atoms with Crippen molar-refractivity contribution in [1.82, 2.24) is 4.98 Å². The highest BCUT2D eigenvalue weighted by atomic mass is 31.2. The molecule has 0 unspecified atom stereocenters. The summed E-state index contributed by atoms with van der Waals surface area (Å²) >= 11 is 0. The van der Waals surface area contributed by atoms with Gasteiger partial charge in [-0.2, -0.15) is 0 Å². The highest BCUT2D eigenvalue weighted by molar-refractivity contribution is 7.85. The lowest BCUT2D eigenvalue weighted by atomic mass is 10.2. The molecular formula is C29H23N2OP. The van der Waals surface area contributed by atoms with E-state index in [9.17, 15) is 4.57 Å². The van der Waals surface area contributed by atoms with Gasteiger partial charge in [0.25, 0.3) is 0 Å². The Morgan fingerprint density at radius 2 is 0.909 bits per heavy atom. The lowest BCUT2D eigenvalue weighted by Crippen LogP contribution is -2.27. The molecule has 0 aliphatic carbocycles. The number of aromatic nitrogens is 1. The molecule has 0 amide bonds. The summed E-state index contributed by atoms with van der Waals surface area (Å²) in [6.07, 6.45) is 1.81. The molecule has 0 atom stereocenters. The summed E-state index contributed by atoms with van der Waals surface area (Å²) in [6, 6.07) is 43.5. The van der Waals surface area contributed by atoms with Crippen LogP contribution in [0.2, 0.25) is 0 Å². The van der Waals surface area contributed by atoms with Gasteiger partial charge in [0, 0.05) is 22.0 Å². The van der Waals surface area contributed by atoms with E-state index in [2.05, 4.69) is 29.2 Å². The zero-order valence-corrected chi connectivity index (χ0v) is 18.9. The first-order valence-corrected chi connectivity index (χ1v) is 12.6. The third-order valence-electron chi connectivity index (χ3n) is 5.58. The van der Waals surface area contributed by atoms with Crippen LogP contribution < -0.4 is 20.9 Å². The summed E-state index contributed by atoms with van der Waals surface area (Å²) in [6.45, 7) is 0. The predicted molar refractivity (Wildman–Crippen MR) is 138 cm³/mol. The first-order valence-electron chi connectivity index (χ1n) is 10.8. The number of hydrogen-bond donors (Lipinski definition) is 0. The Morgan fingerprint density at radius 3 is 1.30 bits per heavy atom. The van der Waals surface area contributed by atoms with Crippen LogP contribution in [0, 0.1) is 0 Å². The van der Waals surface area contributed by atoms with Crippen molar-refractivity contribution in [2.75, 3.05) is 4.90 Å². The molecule has 0 aliphatic heterocycles. The summed E-state index contributed by atoms with van der Waals surface area (Å²) < 4.78 is 14.6. The van der Waals surface area contributed by atoms with Crippen molar-refractivity contribution in [2.45, 2.75) is 0 Å². The van der Waals surface area contributed by atoms with Gasteiger partial charge < -0.3 is 9.46 Å². The van der Waals surface area contributed by atoms with Crippen molar-refractivity contribution in [3.8, 4) is 0 Å². The fourth-order valence-corrected chi connectivity index (χ4v) is 6.50. The fraction of sp³-hybridized carbons (Fsp3) is 0. The van der Waals surface area contributed by atoms with Crippen LogP contribution in [0.4, 0.5) is 17.1 Å². The molecule has 5 aromatic rings. The topological polar surface area (TPSA) is 33.2 Å². The second-order valence-corrected chi connectivity index (χ2v) is 10.4. The number of anilines is 3. The van der Waals surface area contributed by atoms with Crippen molar-refractivity contribution < 1.29 is 4.57 Å². The number of nitrogens with zero attached hydrogens (tertiary/aromatic N) is 2. The van der Waals surface area contributed by atoms with E-state index >= 15 is 0 Å². The third kappa shape index (κ3) is 4.11. The molecule has 0 bridgehead atoms. The van der Waals surface area contributed by atoms with Gasteiger partial charge in [-0.1, -0.05) is 97.1 Å². The maximum absolute atomic E-state index is 14.6. The summed E-state index contributed by atoms with van der Waals surface area (Å²) in [7, 11) is -3.10. The van der Waals surface area contributed by atoms with Gasteiger partial charge >= 0.3 is 0 Å². The molecule has 0 saturated heterocycles. The first-order chi connectivity index (χ1) is 16.3. The van der Waals surface area contributed by atoms with Crippen LogP contribution in [0.5, 0.6) is 0 Å². The quantitative estimate of drug-likeness (QED) is 0.292. The van der Waals surface area contributed by atoms with E-state index in [4.69, 9.17) is 4.98 Å². The van der Waals surface area contributed by atoms with Crippen LogP contribution in [0.1, 0.15) is 0 Å². The van der Waals surface area contributed by atoms with Crippen LogP contribution in [0.25, 0.3) is 0 Å². The Balaban J connectivity index is 1.62. The number of para-hydroxylation sites is 2. The molecule has 0 N–H and O–H groups in total. The van der Waals surface area contributed by atoms with Crippen LogP contribution in [0.3, 0.4) is 0 Å². The molecule has 0 fully saturated rings. The van der Waals surface area contributed by atoms with Crippen molar-refractivity contribution >= 4 is 40.2 Å². The van der Waals surface area contributed by atoms with E-state index in [1.54, 1.807) is 0 Å².